The van der Waals surface area contributed by atoms with Crippen molar-refractivity contribution in [2.24, 2.45) is 11.8 Å². The minimum Gasteiger partial charge on any atom is -0.494 e. The Kier molecular flexibility index (Phi) is 15.0. The molecule has 0 aromatic rings. The molecule has 0 saturated carbocycles. The summed E-state index contributed by atoms with van der Waals surface area (Å²) >= 11 is 0. The van der Waals surface area contributed by atoms with E-state index in [1.54, 1.807) is 18.2 Å². The summed E-state index contributed by atoms with van der Waals surface area (Å²) in [4.78, 5) is 0. The van der Waals surface area contributed by atoms with Gasteiger partial charge in [0.15, 0.2) is 5.83 Å². The summed E-state index contributed by atoms with van der Waals surface area (Å²) in [6.07, 6.45) is 8.48. The Balaban J connectivity index is 0. The maximum atomic E-state index is 14.0. The van der Waals surface area contributed by atoms with Crippen LogP contribution in [0.1, 0.15) is 47.0 Å². The van der Waals surface area contributed by atoms with Gasteiger partial charge < -0.3 is 4.74 Å². The van der Waals surface area contributed by atoms with E-state index >= 15 is 0 Å². The number of hydrogen-bond acceptors (Lipinski definition) is 1. The first-order valence-corrected chi connectivity index (χ1v) is 9.18. The van der Waals surface area contributed by atoms with E-state index in [1.807, 2.05) is 6.92 Å². The molecule has 0 spiro atoms. The van der Waals surface area contributed by atoms with Crippen LogP contribution in [-0.2, 0) is 4.74 Å². The Bertz CT molecular complexity index is 594. The fourth-order valence-electron chi connectivity index (χ4n) is 1.88. The summed E-state index contributed by atoms with van der Waals surface area (Å²) in [7, 11) is 1.22. The molecular weight excluding hydrogens is 342 g/mol. The zero-order valence-corrected chi connectivity index (χ0v) is 17.7. The summed E-state index contributed by atoms with van der Waals surface area (Å²) in [6.45, 7) is 26.3. The highest BCUT2D eigenvalue weighted by Crippen LogP contribution is 2.27. The molecule has 2 unspecified atom stereocenters. The lowest BCUT2D eigenvalue weighted by atomic mass is 9.91. The van der Waals surface area contributed by atoms with Crippen molar-refractivity contribution in [1.29, 1.82) is 0 Å². The zero-order chi connectivity index (χ0) is 21.6. The summed E-state index contributed by atoms with van der Waals surface area (Å²) in [5.41, 5.74) is 1.07. The molecule has 0 aromatic heterocycles. The van der Waals surface area contributed by atoms with Crippen LogP contribution >= 0.6 is 0 Å². The average Bonchev–Trinajstić information content (AvgIpc) is 2.67. The molecule has 0 aliphatic heterocycles. The number of rotatable bonds is 11. The van der Waals surface area contributed by atoms with E-state index < -0.39 is 11.7 Å². The average molecular weight is 379 g/mol. The molecule has 0 amide bonds. The van der Waals surface area contributed by atoms with Crippen molar-refractivity contribution in [3.63, 3.8) is 0 Å². The highest BCUT2D eigenvalue weighted by molar-refractivity contribution is 5.49. The van der Waals surface area contributed by atoms with Gasteiger partial charge in [0.2, 0.25) is 5.83 Å². The number of hydrogen-bond donors (Lipinski definition) is 0. The van der Waals surface area contributed by atoms with Gasteiger partial charge >= 0.3 is 0 Å². The Morgan fingerprint density at radius 3 is 1.96 bits per heavy atom. The van der Waals surface area contributed by atoms with Crippen LogP contribution in [0.15, 0.2) is 85.3 Å². The predicted octanol–water partition coefficient (Wildman–Crippen LogP) is 8.18. The largest absolute Gasteiger partial charge is 0.494 e. The van der Waals surface area contributed by atoms with Crippen LogP contribution in [0.3, 0.4) is 0 Å². The van der Waals surface area contributed by atoms with Gasteiger partial charge in [-0.15, -0.1) is 6.58 Å². The Labute approximate surface area is 165 Å². The summed E-state index contributed by atoms with van der Waals surface area (Å²) in [5, 5.41) is 0. The van der Waals surface area contributed by atoms with Crippen molar-refractivity contribution in [3.8, 4) is 0 Å². The summed E-state index contributed by atoms with van der Waals surface area (Å²) in [6, 6.07) is 0. The molecule has 0 radical (unpaired) electrons. The Hall–Kier alpha value is -2.16. The van der Waals surface area contributed by atoms with E-state index in [2.05, 4.69) is 58.4 Å². The minimum absolute atomic E-state index is 0.137. The maximum Gasteiger partial charge on any atom is 0.200 e. The third-order valence-electron chi connectivity index (χ3n) is 4.26. The van der Waals surface area contributed by atoms with Gasteiger partial charge in [0.1, 0.15) is 5.76 Å². The van der Waals surface area contributed by atoms with Crippen LogP contribution in [0, 0.1) is 11.8 Å². The number of halogens is 2. The van der Waals surface area contributed by atoms with Crippen LogP contribution in [0.5, 0.6) is 0 Å². The van der Waals surface area contributed by atoms with Crippen molar-refractivity contribution >= 4 is 0 Å². The molecule has 0 aliphatic rings. The van der Waals surface area contributed by atoms with Crippen LogP contribution in [0.4, 0.5) is 8.78 Å². The van der Waals surface area contributed by atoms with Crippen molar-refractivity contribution in [1.82, 2.24) is 0 Å². The van der Waals surface area contributed by atoms with E-state index in [4.69, 9.17) is 0 Å². The first-order valence-electron chi connectivity index (χ1n) is 9.18. The molecule has 0 saturated heterocycles. The molecule has 0 bridgehead atoms. The highest BCUT2D eigenvalue weighted by atomic mass is 19.2. The van der Waals surface area contributed by atoms with Crippen LogP contribution < -0.4 is 0 Å². The molecule has 2 atom stereocenters. The standard InChI is InChI=1S/C21H30F2O.C3H6/c1-9-14(2)10-11-15(3)16(4)12-13-17(5)18(6)20(22)21(23)19(7)24-8;1-3-2/h12-15H,4-7,9-11H2,1-3,8H3;3H,1H2,2H3/b13-12-,21-20-;. The SMILES string of the molecule is C=C(/C=C\C(=C)C(C)CCC(C)CC)C(=C)/C(F)=C(/F)C(=C)OC.C=CC. The summed E-state index contributed by atoms with van der Waals surface area (Å²) in [5.74, 6) is -1.66. The summed E-state index contributed by atoms with van der Waals surface area (Å²) < 4.78 is 32.2. The quantitative estimate of drug-likeness (QED) is 0.200. The minimum atomic E-state index is -1.17. The van der Waals surface area contributed by atoms with Gasteiger partial charge in [-0.2, -0.15) is 4.39 Å². The fourth-order valence-corrected chi connectivity index (χ4v) is 1.88. The maximum absolute atomic E-state index is 14.0. The molecule has 1 nitrogen and oxygen atoms in total. The molecule has 0 fully saturated rings. The van der Waals surface area contributed by atoms with Gasteiger partial charge in [0.05, 0.1) is 7.11 Å². The van der Waals surface area contributed by atoms with E-state index in [-0.39, 0.29) is 16.9 Å². The smallest absolute Gasteiger partial charge is 0.200 e. The highest BCUT2D eigenvalue weighted by Gasteiger charge is 2.15. The molecule has 152 valence electrons. The molecule has 0 aromatic carbocycles. The monoisotopic (exact) mass is 378 g/mol. The van der Waals surface area contributed by atoms with Crippen molar-refractivity contribution in [3.05, 3.63) is 85.3 Å². The van der Waals surface area contributed by atoms with Crippen LogP contribution in [0.2, 0.25) is 0 Å². The van der Waals surface area contributed by atoms with E-state index in [9.17, 15) is 8.78 Å². The second kappa shape index (κ2) is 15.0. The number of methoxy groups -OCH3 is 1. The number of ether oxygens (including phenoxy) is 1. The Morgan fingerprint density at radius 2 is 1.52 bits per heavy atom. The van der Waals surface area contributed by atoms with Gasteiger partial charge in [-0.25, -0.2) is 4.39 Å². The second-order valence-electron chi connectivity index (χ2n) is 6.57. The third kappa shape index (κ3) is 11.2. The van der Waals surface area contributed by atoms with Gasteiger partial charge in [-0.05, 0) is 30.8 Å². The van der Waals surface area contributed by atoms with E-state index in [1.165, 1.54) is 7.11 Å². The van der Waals surface area contributed by atoms with E-state index in [0.29, 0.717) is 11.8 Å². The van der Waals surface area contributed by atoms with Gasteiger partial charge in [-0.3, -0.25) is 0 Å². The van der Waals surface area contributed by atoms with Gasteiger partial charge in [0.25, 0.3) is 0 Å². The second-order valence-corrected chi connectivity index (χ2v) is 6.57. The molecule has 0 heterocycles. The number of allylic oxidation sites excluding steroid dienone is 8. The van der Waals surface area contributed by atoms with Crippen LogP contribution in [0.25, 0.3) is 0 Å². The molecule has 27 heavy (non-hydrogen) atoms. The van der Waals surface area contributed by atoms with Crippen LogP contribution in [-0.4, -0.2) is 7.11 Å². The lowest BCUT2D eigenvalue weighted by Crippen LogP contribution is -2.01. The lowest BCUT2D eigenvalue weighted by molar-refractivity contribution is 0.281. The van der Waals surface area contributed by atoms with Crippen molar-refractivity contribution in [2.45, 2.75) is 47.0 Å². The first-order chi connectivity index (χ1) is 12.6. The van der Waals surface area contributed by atoms with Gasteiger partial charge in [-0.1, -0.05) is 83.7 Å². The molecule has 0 aliphatic carbocycles. The van der Waals surface area contributed by atoms with Gasteiger partial charge in [0, 0.05) is 5.57 Å². The predicted molar refractivity (Wildman–Crippen MR) is 116 cm³/mol. The lowest BCUT2D eigenvalue weighted by Gasteiger charge is -2.15. The fraction of sp³-hybridized carbons (Fsp3) is 0.417. The third-order valence-corrected chi connectivity index (χ3v) is 4.26. The molecule has 3 heteroatoms. The molecule has 0 N–H and O–H groups in total. The first kappa shape index (κ1) is 27.1. The molecule has 0 rings (SSSR count). The van der Waals surface area contributed by atoms with E-state index in [0.717, 1.165) is 24.8 Å². The Morgan fingerprint density at radius 1 is 1.00 bits per heavy atom. The zero-order valence-electron chi connectivity index (χ0n) is 17.7. The normalized spacial score (nSPS) is 13.6. The molecular formula is C24H36F2O. The van der Waals surface area contributed by atoms with Crippen molar-refractivity contribution in [2.75, 3.05) is 7.11 Å². The van der Waals surface area contributed by atoms with Crippen molar-refractivity contribution < 1.29 is 13.5 Å². The topological polar surface area (TPSA) is 9.23 Å².